The lowest BCUT2D eigenvalue weighted by molar-refractivity contribution is 0.0688. The molecule has 1 aromatic heterocycles. The quantitative estimate of drug-likeness (QED) is 0.744. The highest BCUT2D eigenvalue weighted by molar-refractivity contribution is 5.89. The molecule has 0 bridgehead atoms. The van der Waals surface area contributed by atoms with Crippen molar-refractivity contribution in [3.63, 3.8) is 0 Å². The molecule has 0 saturated heterocycles. The van der Waals surface area contributed by atoms with Crippen LogP contribution < -0.4 is 11.1 Å². The topological polar surface area (TPSA) is 93.2 Å². The number of aromatic nitrogens is 2. The van der Waals surface area contributed by atoms with Gasteiger partial charge in [0, 0.05) is 12.1 Å². The number of carboxylic acids is 1. The molecule has 0 aliphatic heterocycles. The molecule has 0 aliphatic carbocycles. The van der Waals surface area contributed by atoms with Gasteiger partial charge in [0.2, 0.25) is 0 Å². The fourth-order valence-corrected chi connectivity index (χ4v) is 1.75. The van der Waals surface area contributed by atoms with E-state index in [-0.39, 0.29) is 5.69 Å². The number of rotatable bonds is 4. The molecule has 0 spiro atoms. The summed E-state index contributed by atoms with van der Waals surface area (Å²) in [5.41, 5.74) is 7.16. The van der Waals surface area contributed by atoms with E-state index in [1.807, 2.05) is 30.3 Å². The summed E-state index contributed by atoms with van der Waals surface area (Å²) < 4.78 is 1.44. The number of carbonyl (C=O) groups is 1. The van der Waals surface area contributed by atoms with E-state index in [0.29, 0.717) is 17.9 Å². The third kappa shape index (κ3) is 2.05. The highest BCUT2D eigenvalue weighted by Gasteiger charge is 2.20. The largest absolute Gasteiger partial charge is 0.476 e. The summed E-state index contributed by atoms with van der Waals surface area (Å²) in [5.74, 6) is -0.741. The first-order valence-electron chi connectivity index (χ1n) is 5.46. The lowest BCUT2D eigenvalue weighted by Crippen LogP contribution is -2.11. The molecule has 4 N–H and O–H groups in total. The van der Waals surface area contributed by atoms with Crippen LogP contribution in [0.25, 0.3) is 5.69 Å². The van der Waals surface area contributed by atoms with Gasteiger partial charge in [0.25, 0.3) is 0 Å². The van der Waals surface area contributed by atoms with Gasteiger partial charge in [-0.1, -0.05) is 18.2 Å². The van der Waals surface area contributed by atoms with Crippen molar-refractivity contribution in [2.75, 3.05) is 12.8 Å². The Morgan fingerprint density at radius 3 is 2.67 bits per heavy atom. The molecule has 0 saturated carbocycles. The zero-order valence-electron chi connectivity index (χ0n) is 9.92. The van der Waals surface area contributed by atoms with Crippen molar-refractivity contribution in [3.05, 3.63) is 41.6 Å². The SMILES string of the molecule is CNCc1c(C(=O)O)nn(-c2ccccc2)c1N. The minimum Gasteiger partial charge on any atom is -0.476 e. The van der Waals surface area contributed by atoms with Crippen molar-refractivity contribution in [2.24, 2.45) is 0 Å². The van der Waals surface area contributed by atoms with Gasteiger partial charge < -0.3 is 16.2 Å². The Kier molecular flexibility index (Phi) is 3.29. The van der Waals surface area contributed by atoms with Crippen LogP contribution in [0.15, 0.2) is 30.3 Å². The zero-order chi connectivity index (χ0) is 13.1. The molecule has 6 nitrogen and oxygen atoms in total. The average molecular weight is 246 g/mol. The summed E-state index contributed by atoms with van der Waals surface area (Å²) in [6, 6.07) is 9.19. The third-order valence-corrected chi connectivity index (χ3v) is 2.58. The van der Waals surface area contributed by atoms with Crippen molar-refractivity contribution in [2.45, 2.75) is 6.54 Å². The Morgan fingerprint density at radius 2 is 2.11 bits per heavy atom. The second kappa shape index (κ2) is 4.89. The molecule has 1 aromatic carbocycles. The van der Waals surface area contributed by atoms with Gasteiger partial charge in [-0.15, -0.1) is 0 Å². The summed E-state index contributed by atoms with van der Waals surface area (Å²) in [7, 11) is 1.73. The van der Waals surface area contributed by atoms with E-state index in [0.717, 1.165) is 5.69 Å². The standard InChI is InChI=1S/C12H14N4O2/c1-14-7-9-10(12(17)18)15-16(11(9)13)8-5-3-2-4-6-8/h2-6,14H,7,13H2,1H3,(H,17,18). The molecule has 0 radical (unpaired) electrons. The van der Waals surface area contributed by atoms with Gasteiger partial charge in [-0.3, -0.25) is 0 Å². The van der Waals surface area contributed by atoms with Gasteiger partial charge in [-0.25, -0.2) is 9.48 Å². The number of nitrogens with one attached hydrogen (secondary N) is 1. The number of nitrogens with two attached hydrogens (primary N) is 1. The monoisotopic (exact) mass is 246 g/mol. The third-order valence-electron chi connectivity index (χ3n) is 2.58. The van der Waals surface area contributed by atoms with Crippen LogP contribution in [0.3, 0.4) is 0 Å². The molecule has 94 valence electrons. The molecule has 0 unspecified atom stereocenters. The maximum absolute atomic E-state index is 11.1. The van der Waals surface area contributed by atoms with E-state index in [1.165, 1.54) is 4.68 Å². The van der Waals surface area contributed by atoms with E-state index in [1.54, 1.807) is 7.05 Å². The smallest absolute Gasteiger partial charge is 0.356 e. The van der Waals surface area contributed by atoms with Crippen LogP contribution in [0.1, 0.15) is 16.1 Å². The van der Waals surface area contributed by atoms with Crippen molar-refractivity contribution in [1.29, 1.82) is 0 Å². The van der Waals surface area contributed by atoms with Gasteiger partial charge in [0.05, 0.1) is 5.69 Å². The van der Waals surface area contributed by atoms with Crippen LogP contribution in [0, 0.1) is 0 Å². The predicted molar refractivity (Wildman–Crippen MR) is 67.7 cm³/mol. The summed E-state index contributed by atoms with van der Waals surface area (Å²) in [4.78, 5) is 11.1. The van der Waals surface area contributed by atoms with E-state index in [4.69, 9.17) is 10.8 Å². The van der Waals surface area contributed by atoms with Crippen LogP contribution in [-0.2, 0) is 6.54 Å². The molecule has 0 amide bonds. The molecule has 18 heavy (non-hydrogen) atoms. The molecule has 2 aromatic rings. The van der Waals surface area contributed by atoms with Gasteiger partial charge in [-0.2, -0.15) is 5.10 Å². The lowest BCUT2D eigenvalue weighted by Gasteiger charge is -2.04. The van der Waals surface area contributed by atoms with Gasteiger partial charge in [0.1, 0.15) is 5.82 Å². The number of nitrogens with zero attached hydrogens (tertiary/aromatic N) is 2. The molecule has 1 heterocycles. The summed E-state index contributed by atoms with van der Waals surface area (Å²) in [5, 5.41) is 16.1. The Bertz CT molecular complexity index is 563. The zero-order valence-corrected chi connectivity index (χ0v) is 9.92. The summed E-state index contributed by atoms with van der Waals surface area (Å²) in [6.07, 6.45) is 0. The molecule has 0 aliphatic rings. The van der Waals surface area contributed by atoms with E-state index < -0.39 is 5.97 Å². The maximum Gasteiger partial charge on any atom is 0.356 e. The van der Waals surface area contributed by atoms with Crippen LogP contribution in [-0.4, -0.2) is 27.9 Å². The molecule has 2 rings (SSSR count). The average Bonchev–Trinajstić information content (AvgIpc) is 2.69. The van der Waals surface area contributed by atoms with Gasteiger partial charge in [0.15, 0.2) is 5.69 Å². The normalized spacial score (nSPS) is 10.5. The second-order valence-electron chi connectivity index (χ2n) is 3.80. The highest BCUT2D eigenvalue weighted by Crippen LogP contribution is 2.21. The van der Waals surface area contributed by atoms with Gasteiger partial charge >= 0.3 is 5.97 Å². The first-order chi connectivity index (χ1) is 8.65. The Labute approximate surface area is 104 Å². The molecule has 0 fully saturated rings. The minimum atomic E-state index is -1.08. The van der Waals surface area contributed by atoms with Crippen molar-refractivity contribution >= 4 is 11.8 Å². The maximum atomic E-state index is 11.1. The Hall–Kier alpha value is -2.34. The van der Waals surface area contributed by atoms with Crippen LogP contribution in [0.5, 0.6) is 0 Å². The van der Waals surface area contributed by atoms with Crippen LogP contribution in [0.2, 0.25) is 0 Å². The van der Waals surface area contributed by atoms with Gasteiger partial charge in [-0.05, 0) is 19.2 Å². The first-order valence-corrected chi connectivity index (χ1v) is 5.46. The minimum absolute atomic E-state index is 0.0225. The molecular weight excluding hydrogens is 232 g/mol. The fourth-order valence-electron chi connectivity index (χ4n) is 1.75. The highest BCUT2D eigenvalue weighted by atomic mass is 16.4. The molecular formula is C12H14N4O2. The number of aromatic carboxylic acids is 1. The number of para-hydroxylation sites is 1. The number of nitrogen functional groups attached to an aromatic ring is 1. The second-order valence-corrected chi connectivity index (χ2v) is 3.80. The van der Waals surface area contributed by atoms with E-state index in [9.17, 15) is 4.79 Å². The number of benzene rings is 1. The van der Waals surface area contributed by atoms with Crippen molar-refractivity contribution in [1.82, 2.24) is 15.1 Å². The van der Waals surface area contributed by atoms with Crippen molar-refractivity contribution < 1.29 is 9.90 Å². The summed E-state index contributed by atoms with van der Waals surface area (Å²) in [6.45, 7) is 0.361. The number of hydrogen-bond donors (Lipinski definition) is 3. The lowest BCUT2D eigenvalue weighted by atomic mass is 10.2. The number of carboxylic acid groups (broad SMARTS) is 1. The predicted octanol–water partition coefficient (Wildman–Crippen LogP) is 0.872. The Morgan fingerprint density at radius 1 is 1.44 bits per heavy atom. The summed E-state index contributed by atoms with van der Waals surface area (Å²) >= 11 is 0. The number of hydrogen-bond acceptors (Lipinski definition) is 4. The van der Waals surface area contributed by atoms with Crippen LogP contribution >= 0.6 is 0 Å². The van der Waals surface area contributed by atoms with Crippen molar-refractivity contribution in [3.8, 4) is 5.69 Å². The Balaban J connectivity index is 2.57. The van der Waals surface area contributed by atoms with E-state index >= 15 is 0 Å². The van der Waals surface area contributed by atoms with Crippen LogP contribution in [0.4, 0.5) is 5.82 Å². The molecule has 0 atom stereocenters. The fraction of sp³-hybridized carbons (Fsp3) is 0.167. The molecule has 6 heteroatoms. The van der Waals surface area contributed by atoms with E-state index in [2.05, 4.69) is 10.4 Å². The number of anilines is 1. The first kappa shape index (κ1) is 12.1.